The summed E-state index contributed by atoms with van der Waals surface area (Å²) < 4.78 is 42.4. The van der Waals surface area contributed by atoms with Crippen LogP contribution in [-0.2, 0) is 17.9 Å². The fourth-order valence-electron chi connectivity index (χ4n) is 4.48. The van der Waals surface area contributed by atoms with Crippen LogP contribution >= 0.6 is 0 Å². The first-order valence-electron chi connectivity index (χ1n) is 10.5. The lowest BCUT2D eigenvalue weighted by Gasteiger charge is -2.44. The molecule has 3 heterocycles. The number of carbonyl (C=O) groups excluding carboxylic acids is 1. The van der Waals surface area contributed by atoms with Crippen LogP contribution in [0.2, 0.25) is 0 Å². The molecule has 2 aliphatic rings. The number of aromatic nitrogens is 3. The highest BCUT2D eigenvalue weighted by atomic mass is 19.3. The van der Waals surface area contributed by atoms with Gasteiger partial charge in [0, 0.05) is 56.2 Å². The molecule has 0 radical (unpaired) electrons. The maximum absolute atomic E-state index is 13.5. The van der Waals surface area contributed by atoms with E-state index in [2.05, 4.69) is 15.2 Å². The third kappa shape index (κ3) is 3.88. The van der Waals surface area contributed by atoms with Crippen molar-refractivity contribution in [1.29, 1.82) is 0 Å². The van der Waals surface area contributed by atoms with Crippen LogP contribution in [0.4, 0.5) is 19.0 Å². The summed E-state index contributed by atoms with van der Waals surface area (Å²) in [6, 6.07) is 9.56. The Labute approximate surface area is 183 Å². The molecular weight excluding hydrogens is 419 g/mol. The zero-order valence-electron chi connectivity index (χ0n) is 17.5. The minimum atomic E-state index is -2.58. The zero-order valence-corrected chi connectivity index (χ0v) is 17.5. The number of amides is 1. The standard InChI is InChI=1S/C23H22F3N5O/c1-14(32)28-20-10-16(6-7-27-20)21-19-13-30(18-11-23(25,26)12-18)8-9-31(19)29-22(21)15-2-4-17(24)5-3-15/h2-7,10,18H,8-9,11-13H2,1H3,(H,27,28,32). The third-order valence-electron chi connectivity index (χ3n) is 6.06. The number of anilines is 1. The van der Waals surface area contributed by atoms with E-state index in [-0.39, 0.29) is 30.6 Å². The van der Waals surface area contributed by atoms with Crippen molar-refractivity contribution >= 4 is 11.7 Å². The van der Waals surface area contributed by atoms with Gasteiger partial charge in [-0.2, -0.15) is 5.10 Å². The lowest BCUT2D eigenvalue weighted by Crippen LogP contribution is -2.52. The first-order chi connectivity index (χ1) is 15.3. The lowest BCUT2D eigenvalue weighted by atomic mass is 9.86. The molecule has 1 aliphatic heterocycles. The summed E-state index contributed by atoms with van der Waals surface area (Å²) in [7, 11) is 0. The number of rotatable bonds is 4. The Hall–Kier alpha value is -3.20. The Bertz CT molecular complexity index is 1170. The number of nitrogens with one attached hydrogen (secondary N) is 1. The molecule has 0 bridgehead atoms. The summed E-state index contributed by atoms with van der Waals surface area (Å²) >= 11 is 0. The van der Waals surface area contributed by atoms with Crippen LogP contribution in [0.15, 0.2) is 42.6 Å². The molecule has 3 aromatic rings. The zero-order chi connectivity index (χ0) is 22.5. The van der Waals surface area contributed by atoms with E-state index in [9.17, 15) is 18.0 Å². The van der Waals surface area contributed by atoms with Gasteiger partial charge < -0.3 is 5.32 Å². The maximum atomic E-state index is 13.5. The molecule has 2 aromatic heterocycles. The van der Waals surface area contributed by atoms with Crippen molar-refractivity contribution in [3.05, 3.63) is 54.1 Å². The quantitative estimate of drug-likeness (QED) is 0.655. The van der Waals surface area contributed by atoms with E-state index in [1.165, 1.54) is 19.1 Å². The number of carbonyl (C=O) groups is 1. The van der Waals surface area contributed by atoms with Gasteiger partial charge in [-0.15, -0.1) is 0 Å². The highest BCUT2D eigenvalue weighted by Gasteiger charge is 2.48. The lowest BCUT2D eigenvalue weighted by molar-refractivity contribution is -0.128. The third-order valence-corrected chi connectivity index (χ3v) is 6.06. The van der Waals surface area contributed by atoms with Gasteiger partial charge in [-0.3, -0.25) is 14.4 Å². The Morgan fingerprint density at radius 3 is 2.56 bits per heavy atom. The molecule has 1 N–H and O–H groups in total. The molecule has 9 heteroatoms. The Morgan fingerprint density at radius 2 is 1.88 bits per heavy atom. The van der Waals surface area contributed by atoms with Crippen molar-refractivity contribution in [3.8, 4) is 22.4 Å². The van der Waals surface area contributed by atoms with E-state index in [0.717, 1.165) is 22.4 Å². The molecule has 1 aliphatic carbocycles. The first-order valence-corrected chi connectivity index (χ1v) is 10.5. The molecule has 1 aromatic carbocycles. The summed E-state index contributed by atoms with van der Waals surface area (Å²) in [5, 5.41) is 7.48. The van der Waals surface area contributed by atoms with Crippen LogP contribution in [-0.4, -0.2) is 44.1 Å². The highest BCUT2D eigenvalue weighted by molar-refractivity contribution is 5.89. The number of hydrogen-bond donors (Lipinski definition) is 1. The Balaban J connectivity index is 1.58. The van der Waals surface area contributed by atoms with Crippen LogP contribution in [0.3, 0.4) is 0 Å². The molecule has 0 saturated heterocycles. The highest BCUT2D eigenvalue weighted by Crippen LogP contribution is 2.43. The molecule has 1 saturated carbocycles. The topological polar surface area (TPSA) is 63.1 Å². The van der Waals surface area contributed by atoms with Crippen molar-refractivity contribution in [2.45, 2.75) is 44.8 Å². The van der Waals surface area contributed by atoms with E-state index in [1.807, 2.05) is 10.7 Å². The number of alkyl halides is 2. The average Bonchev–Trinajstić information content (AvgIpc) is 3.11. The van der Waals surface area contributed by atoms with Gasteiger partial charge in [0.1, 0.15) is 17.3 Å². The van der Waals surface area contributed by atoms with Crippen LogP contribution in [0.5, 0.6) is 0 Å². The van der Waals surface area contributed by atoms with Gasteiger partial charge in [-0.05, 0) is 42.0 Å². The van der Waals surface area contributed by atoms with Crippen LogP contribution < -0.4 is 5.32 Å². The van der Waals surface area contributed by atoms with E-state index < -0.39 is 5.92 Å². The van der Waals surface area contributed by atoms with Crippen LogP contribution in [0.25, 0.3) is 22.4 Å². The molecule has 1 amide bonds. The molecular formula is C23H22F3N5O. The minimum Gasteiger partial charge on any atom is -0.311 e. The normalized spacial score (nSPS) is 18.1. The van der Waals surface area contributed by atoms with Gasteiger partial charge in [-0.25, -0.2) is 18.2 Å². The predicted molar refractivity (Wildman–Crippen MR) is 114 cm³/mol. The van der Waals surface area contributed by atoms with Gasteiger partial charge in [-0.1, -0.05) is 0 Å². The monoisotopic (exact) mass is 441 g/mol. The van der Waals surface area contributed by atoms with Crippen molar-refractivity contribution < 1.29 is 18.0 Å². The first kappa shape index (κ1) is 20.7. The fraction of sp³-hybridized carbons (Fsp3) is 0.348. The fourth-order valence-corrected chi connectivity index (χ4v) is 4.48. The van der Waals surface area contributed by atoms with Crippen LogP contribution in [0, 0.1) is 5.82 Å². The van der Waals surface area contributed by atoms with E-state index in [0.29, 0.717) is 31.1 Å². The van der Waals surface area contributed by atoms with Gasteiger partial charge in [0.05, 0.1) is 12.2 Å². The van der Waals surface area contributed by atoms with Gasteiger partial charge in [0.25, 0.3) is 5.92 Å². The van der Waals surface area contributed by atoms with Gasteiger partial charge in [0.2, 0.25) is 5.91 Å². The molecule has 32 heavy (non-hydrogen) atoms. The summed E-state index contributed by atoms with van der Waals surface area (Å²) in [5.74, 6) is -2.75. The summed E-state index contributed by atoms with van der Waals surface area (Å²) in [5.41, 5.74) is 3.97. The van der Waals surface area contributed by atoms with E-state index >= 15 is 0 Å². The molecule has 166 valence electrons. The maximum Gasteiger partial charge on any atom is 0.251 e. The van der Waals surface area contributed by atoms with E-state index in [1.54, 1.807) is 24.4 Å². The molecule has 5 rings (SSSR count). The number of hydrogen-bond acceptors (Lipinski definition) is 4. The summed E-state index contributed by atoms with van der Waals surface area (Å²) in [4.78, 5) is 17.8. The predicted octanol–water partition coefficient (Wildman–Crippen LogP) is 4.32. The average molecular weight is 441 g/mol. The summed E-state index contributed by atoms with van der Waals surface area (Å²) in [6.45, 7) is 3.12. The van der Waals surface area contributed by atoms with Crippen molar-refractivity contribution in [1.82, 2.24) is 19.7 Å². The smallest absolute Gasteiger partial charge is 0.251 e. The van der Waals surface area contributed by atoms with Crippen molar-refractivity contribution in [2.75, 3.05) is 11.9 Å². The van der Waals surface area contributed by atoms with Crippen molar-refractivity contribution in [3.63, 3.8) is 0 Å². The molecule has 0 atom stereocenters. The Morgan fingerprint density at radius 1 is 1.12 bits per heavy atom. The second-order valence-electron chi connectivity index (χ2n) is 8.40. The van der Waals surface area contributed by atoms with Crippen molar-refractivity contribution in [2.24, 2.45) is 0 Å². The number of benzene rings is 1. The Kier molecular flexibility index (Phi) is 5.00. The molecule has 0 spiro atoms. The number of fused-ring (bicyclic) bond motifs is 1. The van der Waals surface area contributed by atoms with Crippen LogP contribution in [0.1, 0.15) is 25.5 Å². The number of pyridine rings is 1. The minimum absolute atomic E-state index is 0.122. The van der Waals surface area contributed by atoms with E-state index in [4.69, 9.17) is 5.10 Å². The van der Waals surface area contributed by atoms with Gasteiger partial charge >= 0.3 is 0 Å². The summed E-state index contributed by atoms with van der Waals surface area (Å²) in [6.07, 6.45) is 1.36. The second-order valence-corrected chi connectivity index (χ2v) is 8.40. The largest absolute Gasteiger partial charge is 0.311 e. The van der Waals surface area contributed by atoms with Gasteiger partial charge in [0.15, 0.2) is 0 Å². The molecule has 0 unspecified atom stereocenters. The second kappa shape index (κ2) is 7.74. The number of halogens is 3. The molecule has 1 fully saturated rings. The molecule has 6 nitrogen and oxygen atoms in total. The SMILES string of the molecule is CC(=O)Nc1cc(-c2c(-c3ccc(F)cc3)nn3c2CN(C2CC(F)(F)C2)CC3)ccn1. The number of nitrogens with zero attached hydrogens (tertiary/aromatic N) is 4.